The molecular weight excluding hydrogens is 188 g/mol. The number of rotatable bonds is 0. The molecular formula is C8H3N2S2. The van der Waals surface area contributed by atoms with E-state index in [-0.39, 0.29) is 0 Å². The van der Waals surface area contributed by atoms with Crippen LogP contribution in [-0.2, 0) is 0 Å². The lowest BCUT2D eigenvalue weighted by molar-refractivity contribution is 1.48. The van der Waals surface area contributed by atoms with Gasteiger partial charge in [-0.05, 0) is 12.1 Å². The largest absolute Gasteiger partial charge is 0.245 e. The highest BCUT2D eigenvalue weighted by Crippen LogP contribution is 2.25. The Hall–Kier alpha value is -1.00. The van der Waals surface area contributed by atoms with Crippen molar-refractivity contribution < 1.29 is 0 Å². The van der Waals surface area contributed by atoms with E-state index >= 15 is 0 Å². The standard InChI is InChI=1S/C8H3N2S2/c1-5-8(12-3-9-5)2-6-7(1)11-4-10-6/h1-3H. The van der Waals surface area contributed by atoms with Crippen molar-refractivity contribution in [1.82, 2.24) is 9.97 Å². The van der Waals surface area contributed by atoms with Gasteiger partial charge < -0.3 is 0 Å². The van der Waals surface area contributed by atoms with Crippen molar-refractivity contribution >= 4 is 43.1 Å². The van der Waals surface area contributed by atoms with E-state index in [2.05, 4.69) is 27.6 Å². The molecule has 2 aromatic heterocycles. The van der Waals surface area contributed by atoms with Crippen LogP contribution in [0.3, 0.4) is 0 Å². The van der Waals surface area contributed by atoms with Gasteiger partial charge in [0.2, 0.25) is 0 Å². The quantitative estimate of drug-likeness (QED) is 0.546. The average Bonchev–Trinajstić information content (AvgIpc) is 2.64. The molecule has 1 radical (unpaired) electrons. The first kappa shape index (κ1) is 6.51. The summed E-state index contributed by atoms with van der Waals surface area (Å²) in [5.41, 5.74) is 6.82. The number of aromatic nitrogens is 2. The summed E-state index contributed by atoms with van der Waals surface area (Å²) in [5, 5.41) is 0. The Bertz CT molecular complexity index is 447. The molecule has 2 heterocycles. The number of thiazole rings is 2. The molecule has 0 amide bonds. The Morgan fingerprint density at radius 3 is 3.08 bits per heavy atom. The number of hydrogen-bond donors (Lipinski definition) is 0. The molecule has 0 saturated carbocycles. The highest BCUT2D eigenvalue weighted by molar-refractivity contribution is 7.18. The summed E-state index contributed by atoms with van der Waals surface area (Å²) in [7, 11) is 0. The van der Waals surface area contributed by atoms with Crippen LogP contribution in [0.1, 0.15) is 0 Å². The number of benzene rings is 1. The van der Waals surface area contributed by atoms with E-state index in [1.807, 2.05) is 5.51 Å². The zero-order chi connectivity index (χ0) is 7.97. The van der Waals surface area contributed by atoms with Gasteiger partial charge in [-0.15, -0.1) is 22.7 Å². The SMILES string of the molecule is [c]1nc2cc3scnc3cc2s1. The molecule has 4 heteroatoms. The monoisotopic (exact) mass is 191 g/mol. The van der Waals surface area contributed by atoms with Gasteiger partial charge in [-0.1, -0.05) is 0 Å². The minimum Gasteiger partial charge on any atom is -0.245 e. The first-order valence-electron chi connectivity index (χ1n) is 3.43. The minimum absolute atomic E-state index is 1.02. The van der Waals surface area contributed by atoms with Crippen LogP contribution in [0.5, 0.6) is 0 Å². The Morgan fingerprint density at radius 2 is 2.08 bits per heavy atom. The van der Waals surface area contributed by atoms with Crippen LogP contribution in [0, 0.1) is 5.51 Å². The van der Waals surface area contributed by atoms with E-state index in [0.717, 1.165) is 15.7 Å². The highest BCUT2D eigenvalue weighted by atomic mass is 32.1. The fraction of sp³-hybridized carbons (Fsp3) is 0. The number of hydrogen-bond acceptors (Lipinski definition) is 4. The first-order chi connectivity index (χ1) is 5.93. The van der Waals surface area contributed by atoms with Gasteiger partial charge in [0.1, 0.15) is 0 Å². The molecule has 0 aliphatic heterocycles. The molecule has 3 aromatic rings. The van der Waals surface area contributed by atoms with Gasteiger partial charge in [0.25, 0.3) is 0 Å². The van der Waals surface area contributed by atoms with Crippen LogP contribution in [-0.4, -0.2) is 9.97 Å². The molecule has 0 fully saturated rings. The van der Waals surface area contributed by atoms with Gasteiger partial charge in [-0.3, -0.25) is 0 Å². The van der Waals surface area contributed by atoms with Crippen LogP contribution >= 0.6 is 22.7 Å². The Morgan fingerprint density at radius 1 is 1.17 bits per heavy atom. The van der Waals surface area contributed by atoms with Crippen molar-refractivity contribution in [2.75, 3.05) is 0 Å². The maximum absolute atomic E-state index is 4.23. The van der Waals surface area contributed by atoms with Crippen molar-refractivity contribution in [3.8, 4) is 0 Å². The summed E-state index contributed by atoms with van der Waals surface area (Å²) in [4.78, 5) is 8.35. The molecule has 0 atom stereocenters. The lowest BCUT2D eigenvalue weighted by Crippen LogP contribution is -1.67. The maximum Gasteiger partial charge on any atom is 0.153 e. The second-order valence-corrected chi connectivity index (χ2v) is 4.16. The summed E-state index contributed by atoms with van der Waals surface area (Å²) < 4.78 is 2.36. The number of fused-ring (bicyclic) bond motifs is 2. The minimum atomic E-state index is 1.02. The Labute approximate surface area is 76.5 Å². The van der Waals surface area contributed by atoms with Gasteiger partial charge in [-0.25, -0.2) is 9.97 Å². The summed E-state index contributed by atoms with van der Waals surface area (Å²) in [6, 6.07) is 4.13. The summed E-state index contributed by atoms with van der Waals surface area (Å²) >= 11 is 3.18. The molecule has 0 N–H and O–H groups in total. The highest BCUT2D eigenvalue weighted by Gasteiger charge is 2.01. The molecule has 0 unspecified atom stereocenters. The smallest absolute Gasteiger partial charge is 0.153 e. The van der Waals surface area contributed by atoms with E-state index in [1.165, 1.54) is 16.0 Å². The summed E-state index contributed by atoms with van der Waals surface area (Å²) in [6.07, 6.45) is 0. The van der Waals surface area contributed by atoms with E-state index < -0.39 is 0 Å². The summed E-state index contributed by atoms with van der Waals surface area (Å²) in [6.45, 7) is 0. The van der Waals surface area contributed by atoms with E-state index in [0.29, 0.717) is 0 Å². The third-order valence-electron chi connectivity index (χ3n) is 1.73. The molecule has 12 heavy (non-hydrogen) atoms. The third-order valence-corrected chi connectivity index (χ3v) is 3.25. The Balaban J connectivity index is 2.62. The molecule has 0 aliphatic rings. The normalized spacial score (nSPS) is 11.3. The van der Waals surface area contributed by atoms with Crippen LogP contribution in [0.15, 0.2) is 17.6 Å². The molecule has 0 spiro atoms. The second-order valence-electron chi connectivity index (χ2n) is 2.45. The van der Waals surface area contributed by atoms with Crippen LogP contribution in [0.25, 0.3) is 20.4 Å². The van der Waals surface area contributed by atoms with Crippen molar-refractivity contribution in [3.63, 3.8) is 0 Å². The predicted molar refractivity (Wildman–Crippen MR) is 51.6 cm³/mol. The zero-order valence-corrected chi connectivity index (χ0v) is 7.58. The molecule has 1 aromatic carbocycles. The first-order valence-corrected chi connectivity index (χ1v) is 5.13. The summed E-state index contributed by atoms with van der Waals surface area (Å²) in [5.74, 6) is 0. The van der Waals surface area contributed by atoms with Crippen molar-refractivity contribution in [3.05, 3.63) is 23.2 Å². The van der Waals surface area contributed by atoms with Crippen LogP contribution < -0.4 is 0 Å². The van der Waals surface area contributed by atoms with Crippen molar-refractivity contribution in [2.45, 2.75) is 0 Å². The topological polar surface area (TPSA) is 25.8 Å². The molecule has 3 rings (SSSR count). The van der Waals surface area contributed by atoms with E-state index in [1.54, 1.807) is 11.3 Å². The van der Waals surface area contributed by atoms with E-state index in [4.69, 9.17) is 0 Å². The third kappa shape index (κ3) is 0.790. The van der Waals surface area contributed by atoms with Crippen molar-refractivity contribution in [1.29, 1.82) is 0 Å². The zero-order valence-electron chi connectivity index (χ0n) is 5.94. The lowest BCUT2D eigenvalue weighted by Gasteiger charge is -1.86. The fourth-order valence-electron chi connectivity index (χ4n) is 1.16. The lowest BCUT2D eigenvalue weighted by atomic mass is 10.3. The van der Waals surface area contributed by atoms with Crippen LogP contribution in [0.4, 0.5) is 0 Å². The number of nitrogens with zero attached hydrogens (tertiary/aromatic N) is 2. The van der Waals surface area contributed by atoms with Gasteiger partial charge in [0.05, 0.1) is 25.9 Å². The Kier molecular flexibility index (Phi) is 1.22. The molecule has 0 aliphatic carbocycles. The molecule has 0 bridgehead atoms. The fourth-order valence-corrected chi connectivity index (χ4v) is 2.48. The van der Waals surface area contributed by atoms with Gasteiger partial charge in [0.15, 0.2) is 5.51 Å². The maximum atomic E-state index is 4.23. The van der Waals surface area contributed by atoms with Crippen molar-refractivity contribution in [2.24, 2.45) is 0 Å². The van der Waals surface area contributed by atoms with Gasteiger partial charge in [0, 0.05) is 0 Å². The molecule has 2 nitrogen and oxygen atoms in total. The second kappa shape index (κ2) is 2.24. The molecule has 57 valence electrons. The van der Waals surface area contributed by atoms with E-state index in [9.17, 15) is 0 Å². The van der Waals surface area contributed by atoms with Crippen LogP contribution in [0.2, 0.25) is 0 Å². The molecule has 0 saturated heterocycles. The average molecular weight is 191 g/mol. The van der Waals surface area contributed by atoms with Gasteiger partial charge >= 0.3 is 0 Å². The van der Waals surface area contributed by atoms with Gasteiger partial charge in [-0.2, -0.15) is 0 Å². The predicted octanol–water partition coefficient (Wildman–Crippen LogP) is 2.71.